The zero-order chi connectivity index (χ0) is 16.8. The van der Waals surface area contributed by atoms with E-state index in [1.54, 1.807) is 18.3 Å². The fourth-order valence-electron chi connectivity index (χ4n) is 3.17. The van der Waals surface area contributed by atoms with Crippen LogP contribution < -0.4 is 5.32 Å². The molecular weight excluding hydrogens is 322 g/mol. The highest BCUT2D eigenvalue weighted by atomic mass is 35.5. The number of nitrogens with zero attached hydrogens (tertiary/aromatic N) is 2. The SMILES string of the molecule is O=C(CN1CCC(Cc2ccccc2)CC1)Nc1cccnc1Cl. The summed E-state index contributed by atoms with van der Waals surface area (Å²) in [7, 11) is 0. The van der Waals surface area contributed by atoms with Gasteiger partial charge in [-0.2, -0.15) is 0 Å². The van der Waals surface area contributed by atoms with Crippen LogP contribution in [0.5, 0.6) is 0 Å². The number of amides is 1. The number of rotatable bonds is 5. The summed E-state index contributed by atoms with van der Waals surface area (Å²) >= 11 is 5.97. The molecule has 0 spiro atoms. The van der Waals surface area contributed by atoms with Gasteiger partial charge in [0.1, 0.15) is 0 Å². The van der Waals surface area contributed by atoms with Gasteiger partial charge < -0.3 is 5.32 Å². The molecule has 0 atom stereocenters. The Kier molecular flexibility index (Phi) is 5.83. The average molecular weight is 344 g/mol. The van der Waals surface area contributed by atoms with Crippen LogP contribution in [-0.2, 0) is 11.2 Å². The number of benzene rings is 1. The van der Waals surface area contributed by atoms with E-state index in [1.807, 2.05) is 0 Å². The summed E-state index contributed by atoms with van der Waals surface area (Å²) in [5, 5.41) is 3.16. The van der Waals surface area contributed by atoms with Crippen LogP contribution in [0.4, 0.5) is 5.69 Å². The molecule has 2 aromatic rings. The molecule has 126 valence electrons. The van der Waals surface area contributed by atoms with Crippen molar-refractivity contribution in [1.29, 1.82) is 0 Å². The van der Waals surface area contributed by atoms with Gasteiger partial charge in [-0.3, -0.25) is 9.69 Å². The summed E-state index contributed by atoms with van der Waals surface area (Å²) < 4.78 is 0. The normalized spacial score (nSPS) is 16.0. The first-order chi connectivity index (χ1) is 11.7. The number of likely N-dealkylation sites (tertiary alicyclic amines) is 1. The van der Waals surface area contributed by atoms with E-state index in [0.29, 0.717) is 23.3 Å². The number of halogens is 1. The number of carbonyl (C=O) groups is 1. The van der Waals surface area contributed by atoms with Gasteiger partial charge in [0, 0.05) is 6.20 Å². The topological polar surface area (TPSA) is 45.2 Å². The molecular formula is C19H22ClN3O. The molecule has 0 aliphatic carbocycles. The minimum atomic E-state index is -0.0357. The van der Waals surface area contributed by atoms with E-state index in [1.165, 1.54) is 5.56 Å². The maximum absolute atomic E-state index is 12.2. The van der Waals surface area contributed by atoms with Gasteiger partial charge in [-0.15, -0.1) is 0 Å². The van der Waals surface area contributed by atoms with E-state index in [-0.39, 0.29) is 5.91 Å². The summed E-state index contributed by atoms with van der Waals surface area (Å²) in [5.41, 5.74) is 1.98. The molecule has 3 rings (SSSR count). The minimum absolute atomic E-state index is 0.0357. The highest BCUT2D eigenvalue weighted by molar-refractivity contribution is 6.32. The molecule has 0 radical (unpaired) electrons. The summed E-state index contributed by atoms with van der Waals surface area (Å²) in [5.74, 6) is 0.672. The number of hydrogen-bond donors (Lipinski definition) is 1. The molecule has 4 nitrogen and oxygen atoms in total. The fraction of sp³-hybridized carbons (Fsp3) is 0.368. The monoisotopic (exact) mass is 343 g/mol. The van der Waals surface area contributed by atoms with Gasteiger partial charge >= 0.3 is 0 Å². The van der Waals surface area contributed by atoms with E-state index >= 15 is 0 Å². The number of nitrogens with one attached hydrogen (secondary N) is 1. The molecule has 1 aliphatic heterocycles. The van der Waals surface area contributed by atoms with Crippen LogP contribution >= 0.6 is 11.6 Å². The lowest BCUT2D eigenvalue weighted by Gasteiger charge is -2.31. The second-order valence-corrected chi connectivity index (χ2v) is 6.66. The molecule has 1 saturated heterocycles. The number of aromatic nitrogens is 1. The largest absolute Gasteiger partial charge is 0.322 e. The Morgan fingerprint density at radius 3 is 2.62 bits per heavy atom. The number of anilines is 1. The Balaban J connectivity index is 1.43. The van der Waals surface area contributed by atoms with E-state index < -0.39 is 0 Å². The van der Waals surface area contributed by atoms with Crippen molar-refractivity contribution in [3.8, 4) is 0 Å². The van der Waals surface area contributed by atoms with Crippen molar-refractivity contribution < 1.29 is 4.79 Å². The van der Waals surface area contributed by atoms with Crippen molar-refractivity contribution in [2.24, 2.45) is 5.92 Å². The van der Waals surface area contributed by atoms with Gasteiger partial charge in [-0.05, 0) is 56.0 Å². The van der Waals surface area contributed by atoms with Crippen LogP contribution in [-0.4, -0.2) is 35.4 Å². The molecule has 1 fully saturated rings. The van der Waals surface area contributed by atoms with E-state index in [4.69, 9.17) is 11.6 Å². The maximum Gasteiger partial charge on any atom is 0.238 e. The smallest absolute Gasteiger partial charge is 0.238 e. The van der Waals surface area contributed by atoms with E-state index in [0.717, 1.165) is 32.4 Å². The number of carbonyl (C=O) groups excluding carboxylic acids is 1. The molecule has 1 N–H and O–H groups in total. The van der Waals surface area contributed by atoms with Crippen molar-refractivity contribution in [3.63, 3.8) is 0 Å². The highest BCUT2D eigenvalue weighted by Gasteiger charge is 2.21. The Morgan fingerprint density at radius 2 is 1.92 bits per heavy atom. The van der Waals surface area contributed by atoms with Crippen molar-refractivity contribution >= 4 is 23.2 Å². The lowest BCUT2D eigenvalue weighted by molar-refractivity contribution is -0.117. The Labute approximate surface area is 147 Å². The van der Waals surface area contributed by atoms with Crippen LogP contribution in [0.15, 0.2) is 48.7 Å². The quantitative estimate of drug-likeness (QED) is 0.843. The van der Waals surface area contributed by atoms with Gasteiger partial charge in [0.2, 0.25) is 5.91 Å². The molecule has 1 aliphatic rings. The van der Waals surface area contributed by atoms with Gasteiger partial charge in [0.25, 0.3) is 0 Å². The summed E-state index contributed by atoms with van der Waals surface area (Å²) in [4.78, 5) is 18.3. The van der Waals surface area contributed by atoms with Crippen LogP contribution in [0, 0.1) is 5.92 Å². The average Bonchev–Trinajstić information content (AvgIpc) is 2.60. The zero-order valence-electron chi connectivity index (χ0n) is 13.6. The van der Waals surface area contributed by atoms with Crippen molar-refractivity contribution in [3.05, 3.63) is 59.4 Å². The minimum Gasteiger partial charge on any atom is -0.322 e. The predicted molar refractivity (Wildman–Crippen MR) is 97.2 cm³/mol. The second kappa shape index (κ2) is 8.27. The Morgan fingerprint density at radius 1 is 1.17 bits per heavy atom. The summed E-state index contributed by atoms with van der Waals surface area (Å²) in [6, 6.07) is 14.2. The molecule has 5 heteroatoms. The lowest BCUT2D eigenvalue weighted by atomic mass is 9.90. The standard InChI is InChI=1S/C19H22ClN3O/c20-19-17(7-4-10-21-19)22-18(24)14-23-11-8-16(9-12-23)13-15-5-2-1-3-6-15/h1-7,10,16H,8-9,11-14H2,(H,22,24). The molecule has 0 saturated carbocycles. The molecule has 2 heterocycles. The van der Waals surface area contributed by atoms with Crippen LogP contribution in [0.25, 0.3) is 0 Å². The van der Waals surface area contributed by atoms with Crippen molar-refractivity contribution in [2.75, 3.05) is 25.0 Å². The van der Waals surface area contributed by atoms with Crippen LogP contribution in [0.1, 0.15) is 18.4 Å². The van der Waals surface area contributed by atoms with Gasteiger partial charge in [0.15, 0.2) is 5.15 Å². The molecule has 0 unspecified atom stereocenters. The first kappa shape index (κ1) is 16.9. The fourth-order valence-corrected chi connectivity index (χ4v) is 3.33. The maximum atomic E-state index is 12.2. The number of hydrogen-bond acceptors (Lipinski definition) is 3. The van der Waals surface area contributed by atoms with E-state index in [9.17, 15) is 4.79 Å². The zero-order valence-corrected chi connectivity index (χ0v) is 14.4. The number of piperidine rings is 1. The molecule has 0 bridgehead atoms. The first-order valence-electron chi connectivity index (χ1n) is 8.37. The van der Waals surface area contributed by atoms with Gasteiger partial charge in [-0.25, -0.2) is 4.98 Å². The van der Waals surface area contributed by atoms with Crippen LogP contribution in [0.2, 0.25) is 5.15 Å². The molecule has 1 amide bonds. The van der Waals surface area contributed by atoms with Crippen molar-refractivity contribution in [1.82, 2.24) is 9.88 Å². The van der Waals surface area contributed by atoms with E-state index in [2.05, 4.69) is 45.5 Å². The van der Waals surface area contributed by atoms with Gasteiger partial charge in [0.05, 0.1) is 12.2 Å². The third-order valence-corrected chi connectivity index (χ3v) is 4.78. The Hall–Kier alpha value is -1.91. The second-order valence-electron chi connectivity index (χ2n) is 6.30. The summed E-state index contributed by atoms with van der Waals surface area (Å²) in [6.45, 7) is 2.33. The van der Waals surface area contributed by atoms with Crippen LogP contribution in [0.3, 0.4) is 0 Å². The highest BCUT2D eigenvalue weighted by Crippen LogP contribution is 2.22. The first-order valence-corrected chi connectivity index (χ1v) is 8.75. The van der Waals surface area contributed by atoms with Crippen molar-refractivity contribution in [2.45, 2.75) is 19.3 Å². The lowest BCUT2D eigenvalue weighted by Crippen LogP contribution is -2.39. The predicted octanol–water partition coefficient (Wildman–Crippen LogP) is 3.63. The molecule has 24 heavy (non-hydrogen) atoms. The Bertz CT molecular complexity index is 669. The molecule has 1 aromatic heterocycles. The molecule has 1 aromatic carbocycles. The van der Waals surface area contributed by atoms with Gasteiger partial charge in [-0.1, -0.05) is 41.9 Å². The third-order valence-electron chi connectivity index (χ3n) is 4.47. The third kappa shape index (κ3) is 4.79. The summed E-state index contributed by atoms with van der Waals surface area (Å²) in [6.07, 6.45) is 5.01. The number of pyridine rings is 1.